The molecule has 0 atom stereocenters. The number of hydrogen-bond acceptors (Lipinski definition) is 5. The lowest BCUT2D eigenvalue weighted by Crippen LogP contribution is -2.33. The molecule has 0 bridgehead atoms. The predicted molar refractivity (Wildman–Crippen MR) is 46.8 cm³/mol. The molecule has 0 aromatic carbocycles. The largest absolute Gasteiger partial charge is 0.508 e. The van der Waals surface area contributed by atoms with Crippen molar-refractivity contribution >= 4 is 27.7 Å². The molecular formula is C6H10O3S2. The van der Waals surface area contributed by atoms with Gasteiger partial charge >= 0.3 is 6.16 Å². The van der Waals surface area contributed by atoms with Gasteiger partial charge in [-0.15, -0.1) is 0 Å². The first-order chi connectivity index (χ1) is 5.16. The van der Waals surface area contributed by atoms with E-state index in [1.165, 1.54) is 7.11 Å². The summed E-state index contributed by atoms with van der Waals surface area (Å²) >= 11 is 0. The first-order valence-electron chi connectivity index (χ1n) is 3.18. The van der Waals surface area contributed by atoms with Gasteiger partial charge in [0.05, 0.1) is 7.11 Å². The Bertz CT molecular complexity index is 154. The van der Waals surface area contributed by atoms with Crippen molar-refractivity contribution in [2.45, 2.75) is 12.5 Å². The monoisotopic (exact) mass is 194 g/mol. The number of rotatable bonds is 1. The summed E-state index contributed by atoms with van der Waals surface area (Å²) < 4.78 is 9.44. The Morgan fingerprint density at radius 3 is 2.45 bits per heavy atom. The Kier molecular flexibility index (Phi) is 2.95. The predicted octanol–water partition coefficient (Wildman–Crippen LogP) is 1.92. The molecule has 1 fully saturated rings. The highest BCUT2D eigenvalue weighted by Crippen LogP contribution is 2.39. The Morgan fingerprint density at radius 1 is 1.45 bits per heavy atom. The van der Waals surface area contributed by atoms with Crippen LogP contribution < -0.4 is 0 Å². The Morgan fingerprint density at radius 2 is 2.00 bits per heavy atom. The zero-order chi connectivity index (χ0) is 8.32. The van der Waals surface area contributed by atoms with E-state index in [4.69, 9.17) is 4.74 Å². The molecule has 0 radical (unpaired) electrons. The van der Waals surface area contributed by atoms with Crippen molar-refractivity contribution in [3.8, 4) is 0 Å². The lowest BCUT2D eigenvalue weighted by Gasteiger charge is -2.20. The Balaban J connectivity index is 2.39. The van der Waals surface area contributed by atoms with Gasteiger partial charge < -0.3 is 9.47 Å². The number of carbonyl (C=O) groups is 1. The van der Waals surface area contributed by atoms with Crippen molar-refractivity contribution in [1.29, 1.82) is 0 Å². The van der Waals surface area contributed by atoms with Gasteiger partial charge in [-0.2, -0.15) is 0 Å². The molecule has 64 valence electrons. The molecule has 11 heavy (non-hydrogen) atoms. The fourth-order valence-corrected chi connectivity index (χ4v) is 3.79. The number of carbonyl (C=O) groups excluding carboxylic acids is 1. The van der Waals surface area contributed by atoms with Crippen LogP contribution in [0.5, 0.6) is 0 Å². The molecule has 1 aliphatic heterocycles. The van der Waals surface area contributed by atoms with Gasteiger partial charge in [-0.25, -0.2) is 4.79 Å². The third-order valence-electron chi connectivity index (χ3n) is 1.31. The molecule has 0 amide bonds. The number of methoxy groups -OCH3 is 1. The third kappa shape index (κ3) is 2.48. The number of hydrogen-bond donors (Lipinski definition) is 0. The van der Waals surface area contributed by atoms with Gasteiger partial charge in [-0.1, -0.05) is 21.6 Å². The molecule has 0 aromatic heterocycles. The van der Waals surface area contributed by atoms with Crippen LogP contribution in [0.3, 0.4) is 0 Å². The van der Waals surface area contributed by atoms with Crippen LogP contribution in [0.1, 0.15) is 6.92 Å². The first kappa shape index (κ1) is 9.06. The van der Waals surface area contributed by atoms with Crippen LogP contribution in [0, 0.1) is 0 Å². The molecular weight excluding hydrogens is 184 g/mol. The van der Waals surface area contributed by atoms with E-state index >= 15 is 0 Å². The molecule has 1 saturated heterocycles. The molecule has 0 aliphatic carbocycles. The molecule has 1 heterocycles. The van der Waals surface area contributed by atoms with Crippen LogP contribution in [0.2, 0.25) is 0 Å². The minimum Gasteiger partial charge on any atom is -0.438 e. The van der Waals surface area contributed by atoms with E-state index in [0.717, 1.165) is 11.5 Å². The summed E-state index contributed by atoms with van der Waals surface area (Å²) in [6.45, 7) is 1.91. The summed E-state index contributed by atoms with van der Waals surface area (Å²) in [5, 5.41) is 0. The minimum atomic E-state index is -0.587. The molecule has 0 spiro atoms. The molecule has 0 unspecified atom stereocenters. The van der Waals surface area contributed by atoms with Crippen molar-refractivity contribution in [2.24, 2.45) is 0 Å². The summed E-state index contributed by atoms with van der Waals surface area (Å²) in [5.74, 6) is 1.68. The lowest BCUT2D eigenvalue weighted by molar-refractivity contribution is 0.00927. The standard InChI is InChI=1S/C6H10O3S2/c1-6(3-10-11-4-6)9-5(7)8-2/h3-4H2,1-2H3. The summed E-state index contributed by atoms with van der Waals surface area (Å²) in [4.78, 5) is 10.7. The molecule has 0 saturated carbocycles. The van der Waals surface area contributed by atoms with Crippen LogP contribution in [-0.4, -0.2) is 30.4 Å². The van der Waals surface area contributed by atoms with Crippen molar-refractivity contribution in [1.82, 2.24) is 0 Å². The zero-order valence-corrected chi connectivity index (χ0v) is 8.09. The minimum absolute atomic E-state index is 0.331. The van der Waals surface area contributed by atoms with Crippen molar-refractivity contribution < 1.29 is 14.3 Å². The third-order valence-corrected chi connectivity index (χ3v) is 4.14. The van der Waals surface area contributed by atoms with Crippen LogP contribution in [0.25, 0.3) is 0 Å². The Hall–Kier alpha value is -0.0300. The molecule has 0 N–H and O–H groups in total. The van der Waals surface area contributed by atoms with Gasteiger partial charge in [0.15, 0.2) is 0 Å². The normalized spacial score (nSPS) is 21.3. The maximum Gasteiger partial charge on any atom is 0.508 e. The van der Waals surface area contributed by atoms with E-state index < -0.39 is 6.16 Å². The van der Waals surface area contributed by atoms with Gasteiger partial charge in [-0.05, 0) is 6.92 Å². The smallest absolute Gasteiger partial charge is 0.438 e. The van der Waals surface area contributed by atoms with Gasteiger partial charge in [0, 0.05) is 11.5 Å². The lowest BCUT2D eigenvalue weighted by atomic mass is 10.2. The summed E-state index contributed by atoms with van der Waals surface area (Å²) in [6, 6.07) is 0. The van der Waals surface area contributed by atoms with E-state index in [1.807, 2.05) is 6.92 Å². The fraction of sp³-hybridized carbons (Fsp3) is 0.833. The first-order valence-corrected chi connectivity index (χ1v) is 5.66. The highest BCUT2D eigenvalue weighted by atomic mass is 33.1. The topological polar surface area (TPSA) is 35.5 Å². The maximum absolute atomic E-state index is 10.7. The van der Waals surface area contributed by atoms with Gasteiger partial charge in [0.25, 0.3) is 0 Å². The summed E-state index contributed by atoms with van der Waals surface area (Å²) in [5.41, 5.74) is -0.331. The highest BCUT2D eigenvalue weighted by molar-refractivity contribution is 8.77. The molecule has 3 nitrogen and oxygen atoms in total. The Labute approximate surface area is 73.6 Å². The van der Waals surface area contributed by atoms with E-state index in [2.05, 4.69) is 4.74 Å². The fourth-order valence-electron chi connectivity index (χ4n) is 0.676. The van der Waals surface area contributed by atoms with Crippen molar-refractivity contribution in [3.63, 3.8) is 0 Å². The average molecular weight is 194 g/mol. The summed E-state index contributed by atoms with van der Waals surface area (Å²) in [6.07, 6.45) is -0.587. The zero-order valence-electron chi connectivity index (χ0n) is 6.46. The second-order valence-corrected chi connectivity index (χ2v) is 4.99. The number of ether oxygens (including phenoxy) is 2. The average Bonchev–Trinajstić information content (AvgIpc) is 2.36. The molecule has 1 rings (SSSR count). The summed E-state index contributed by atoms with van der Waals surface area (Å²) in [7, 11) is 4.76. The molecule has 1 aliphatic rings. The molecule has 0 aromatic rings. The van der Waals surface area contributed by atoms with Gasteiger partial charge in [-0.3, -0.25) is 0 Å². The quantitative estimate of drug-likeness (QED) is 0.471. The van der Waals surface area contributed by atoms with Gasteiger partial charge in [0.2, 0.25) is 0 Å². The van der Waals surface area contributed by atoms with E-state index in [1.54, 1.807) is 21.6 Å². The second kappa shape index (κ2) is 3.58. The van der Waals surface area contributed by atoms with Crippen LogP contribution in [0.15, 0.2) is 0 Å². The van der Waals surface area contributed by atoms with E-state index in [-0.39, 0.29) is 5.60 Å². The van der Waals surface area contributed by atoms with E-state index in [0.29, 0.717) is 0 Å². The van der Waals surface area contributed by atoms with Crippen LogP contribution in [-0.2, 0) is 9.47 Å². The molecule has 5 heteroatoms. The second-order valence-electron chi connectivity index (χ2n) is 2.53. The van der Waals surface area contributed by atoms with Crippen LogP contribution >= 0.6 is 21.6 Å². The SMILES string of the molecule is COC(=O)OC1(C)CSSC1. The highest BCUT2D eigenvalue weighted by Gasteiger charge is 2.34. The van der Waals surface area contributed by atoms with E-state index in [9.17, 15) is 4.79 Å². The maximum atomic E-state index is 10.7. The van der Waals surface area contributed by atoms with Gasteiger partial charge in [0.1, 0.15) is 5.60 Å². The van der Waals surface area contributed by atoms with Crippen molar-refractivity contribution in [3.05, 3.63) is 0 Å². The van der Waals surface area contributed by atoms with Crippen LogP contribution in [0.4, 0.5) is 4.79 Å². The van der Waals surface area contributed by atoms with Crippen molar-refractivity contribution in [2.75, 3.05) is 18.6 Å².